The number of hydrogen-bond acceptors (Lipinski definition) is 4. The Labute approximate surface area is 134 Å². The lowest BCUT2D eigenvalue weighted by Gasteiger charge is -2.28. The van der Waals surface area contributed by atoms with Crippen LogP contribution in [0, 0.1) is 0 Å². The van der Waals surface area contributed by atoms with Crippen molar-refractivity contribution < 1.29 is 9.90 Å². The highest BCUT2D eigenvalue weighted by Gasteiger charge is 2.24. The van der Waals surface area contributed by atoms with Crippen LogP contribution >= 0.6 is 15.9 Å². The third-order valence-corrected chi connectivity index (χ3v) is 3.31. The maximum absolute atomic E-state index is 12.7. The zero-order valence-corrected chi connectivity index (χ0v) is 14.7. The van der Waals surface area contributed by atoms with E-state index in [1.807, 2.05) is 6.92 Å². The summed E-state index contributed by atoms with van der Waals surface area (Å²) in [6.07, 6.45) is 2.62. The number of carbonyl (C=O) groups excluding carboxylic acids is 1. The van der Waals surface area contributed by atoms with E-state index in [-0.39, 0.29) is 12.5 Å². The van der Waals surface area contributed by atoms with Gasteiger partial charge in [-0.3, -0.25) is 4.79 Å². The first-order chi connectivity index (χ1) is 9.78. The minimum absolute atomic E-state index is 0.132. The van der Waals surface area contributed by atoms with Crippen molar-refractivity contribution in [3.63, 3.8) is 0 Å². The molecule has 0 unspecified atom stereocenters. The van der Waals surface area contributed by atoms with Gasteiger partial charge in [-0.1, -0.05) is 6.92 Å². The molecule has 2 N–H and O–H groups in total. The minimum Gasteiger partial charge on any atom is -0.389 e. The molecule has 1 aromatic rings. The number of aliphatic hydroxyl groups is 1. The number of hydrogen-bond donors (Lipinski definition) is 2. The number of aromatic nitrogens is 1. The van der Waals surface area contributed by atoms with E-state index in [0.717, 1.165) is 17.4 Å². The molecule has 1 heterocycles. The van der Waals surface area contributed by atoms with Gasteiger partial charge in [0.2, 0.25) is 0 Å². The SMILES string of the molecule is CCCNc1ncc(Br)cc1C(=O)N(CC)CC(C)(C)O. The Morgan fingerprint density at radius 1 is 1.48 bits per heavy atom. The van der Waals surface area contributed by atoms with Crippen LogP contribution in [0.4, 0.5) is 5.82 Å². The van der Waals surface area contributed by atoms with Crippen molar-refractivity contribution in [2.24, 2.45) is 0 Å². The van der Waals surface area contributed by atoms with Crippen LogP contribution in [-0.2, 0) is 0 Å². The number of nitrogens with zero attached hydrogens (tertiary/aromatic N) is 2. The van der Waals surface area contributed by atoms with Crippen LogP contribution in [0.2, 0.25) is 0 Å². The number of anilines is 1. The molecule has 0 atom stereocenters. The molecule has 1 rings (SSSR count). The molecular formula is C15H24BrN3O2. The summed E-state index contributed by atoms with van der Waals surface area (Å²) >= 11 is 3.35. The number of amides is 1. The predicted molar refractivity (Wildman–Crippen MR) is 88.6 cm³/mol. The van der Waals surface area contributed by atoms with E-state index in [1.54, 1.807) is 31.0 Å². The van der Waals surface area contributed by atoms with Gasteiger partial charge in [-0.05, 0) is 49.2 Å². The highest BCUT2D eigenvalue weighted by molar-refractivity contribution is 9.10. The van der Waals surface area contributed by atoms with Crippen LogP contribution in [0.1, 0.15) is 44.5 Å². The van der Waals surface area contributed by atoms with Gasteiger partial charge in [-0.25, -0.2) is 4.98 Å². The van der Waals surface area contributed by atoms with Crippen molar-refractivity contribution in [2.45, 2.75) is 39.7 Å². The Hall–Kier alpha value is -1.14. The second-order valence-electron chi connectivity index (χ2n) is 5.61. The standard InChI is InChI=1S/C15H24BrN3O2/c1-5-7-17-13-12(8-11(16)9-18-13)14(20)19(6-2)10-15(3,4)21/h8-9,21H,5-7,10H2,1-4H3,(H,17,18). The van der Waals surface area contributed by atoms with Crippen molar-refractivity contribution in [1.82, 2.24) is 9.88 Å². The molecule has 118 valence electrons. The van der Waals surface area contributed by atoms with Crippen LogP contribution in [0.25, 0.3) is 0 Å². The fraction of sp³-hybridized carbons (Fsp3) is 0.600. The van der Waals surface area contributed by atoms with E-state index >= 15 is 0 Å². The first kappa shape index (κ1) is 17.9. The summed E-state index contributed by atoms with van der Waals surface area (Å²) in [5.41, 5.74) is -0.411. The lowest BCUT2D eigenvalue weighted by molar-refractivity contribution is 0.0315. The molecule has 0 aliphatic heterocycles. The Balaban J connectivity index is 3.05. The molecular weight excluding hydrogens is 334 g/mol. The van der Waals surface area contributed by atoms with Crippen LogP contribution in [0.15, 0.2) is 16.7 Å². The molecule has 0 fully saturated rings. The lowest BCUT2D eigenvalue weighted by Crippen LogP contribution is -2.42. The lowest BCUT2D eigenvalue weighted by atomic mass is 10.1. The van der Waals surface area contributed by atoms with Gasteiger partial charge < -0.3 is 15.3 Å². The normalized spacial score (nSPS) is 11.3. The quantitative estimate of drug-likeness (QED) is 0.787. The van der Waals surface area contributed by atoms with E-state index in [0.29, 0.717) is 17.9 Å². The Morgan fingerprint density at radius 3 is 2.67 bits per heavy atom. The molecule has 21 heavy (non-hydrogen) atoms. The summed E-state index contributed by atoms with van der Waals surface area (Å²) in [5.74, 6) is 0.450. The maximum Gasteiger partial charge on any atom is 0.257 e. The van der Waals surface area contributed by atoms with Crippen molar-refractivity contribution in [2.75, 3.05) is 25.0 Å². The number of rotatable bonds is 7. The molecule has 1 amide bonds. The molecule has 1 aromatic heterocycles. The molecule has 0 spiro atoms. The second-order valence-corrected chi connectivity index (χ2v) is 6.52. The summed E-state index contributed by atoms with van der Waals surface area (Å²) in [6, 6.07) is 1.76. The third kappa shape index (κ3) is 5.63. The summed E-state index contributed by atoms with van der Waals surface area (Å²) in [5, 5.41) is 13.1. The van der Waals surface area contributed by atoms with Crippen LogP contribution in [-0.4, -0.2) is 46.1 Å². The minimum atomic E-state index is -0.928. The first-order valence-corrected chi connectivity index (χ1v) is 7.98. The highest BCUT2D eigenvalue weighted by atomic mass is 79.9. The maximum atomic E-state index is 12.7. The molecule has 0 saturated heterocycles. The first-order valence-electron chi connectivity index (χ1n) is 7.19. The Bertz CT molecular complexity index is 486. The molecule has 0 aliphatic carbocycles. The third-order valence-electron chi connectivity index (χ3n) is 2.87. The van der Waals surface area contributed by atoms with E-state index in [9.17, 15) is 9.90 Å². The summed E-state index contributed by atoms with van der Waals surface area (Å²) in [7, 11) is 0. The average molecular weight is 358 g/mol. The number of likely N-dealkylation sites (N-methyl/N-ethyl adjacent to an activating group) is 1. The van der Waals surface area contributed by atoms with E-state index < -0.39 is 5.60 Å². The molecule has 6 heteroatoms. The number of nitrogens with one attached hydrogen (secondary N) is 1. The van der Waals surface area contributed by atoms with Gasteiger partial charge in [0, 0.05) is 30.3 Å². The van der Waals surface area contributed by atoms with E-state index in [2.05, 4.69) is 33.2 Å². The largest absolute Gasteiger partial charge is 0.389 e. The molecule has 5 nitrogen and oxygen atoms in total. The van der Waals surface area contributed by atoms with Gasteiger partial charge in [0.15, 0.2) is 0 Å². The summed E-state index contributed by atoms with van der Waals surface area (Å²) in [4.78, 5) is 18.6. The molecule has 0 aliphatic rings. The summed E-state index contributed by atoms with van der Waals surface area (Å²) < 4.78 is 0.757. The number of halogens is 1. The molecule has 0 saturated carbocycles. The average Bonchev–Trinajstić information content (AvgIpc) is 2.41. The zero-order valence-electron chi connectivity index (χ0n) is 13.1. The number of carbonyl (C=O) groups is 1. The zero-order chi connectivity index (χ0) is 16.0. The van der Waals surface area contributed by atoms with Gasteiger partial charge in [-0.15, -0.1) is 0 Å². The van der Waals surface area contributed by atoms with E-state index in [1.165, 1.54) is 0 Å². The van der Waals surface area contributed by atoms with Gasteiger partial charge in [-0.2, -0.15) is 0 Å². The van der Waals surface area contributed by atoms with Crippen LogP contribution in [0.5, 0.6) is 0 Å². The number of pyridine rings is 1. The van der Waals surface area contributed by atoms with E-state index in [4.69, 9.17) is 0 Å². The smallest absolute Gasteiger partial charge is 0.257 e. The summed E-state index contributed by atoms with van der Waals surface area (Å²) in [6.45, 7) is 8.90. The van der Waals surface area contributed by atoms with Crippen molar-refractivity contribution in [3.8, 4) is 0 Å². The van der Waals surface area contributed by atoms with Gasteiger partial charge in [0.1, 0.15) is 5.82 Å². The fourth-order valence-electron chi connectivity index (χ4n) is 1.95. The van der Waals surface area contributed by atoms with Crippen molar-refractivity contribution in [3.05, 3.63) is 22.3 Å². The Kier molecular flexibility index (Phi) is 6.61. The van der Waals surface area contributed by atoms with Gasteiger partial charge in [0.25, 0.3) is 5.91 Å². The molecule has 0 radical (unpaired) electrons. The predicted octanol–water partition coefficient (Wildman–Crippen LogP) is 2.90. The van der Waals surface area contributed by atoms with Crippen molar-refractivity contribution >= 4 is 27.7 Å². The monoisotopic (exact) mass is 357 g/mol. The van der Waals surface area contributed by atoms with Crippen LogP contribution in [0.3, 0.4) is 0 Å². The fourth-order valence-corrected chi connectivity index (χ4v) is 2.28. The molecule has 0 bridgehead atoms. The van der Waals surface area contributed by atoms with Gasteiger partial charge >= 0.3 is 0 Å². The molecule has 0 aromatic carbocycles. The second kappa shape index (κ2) is 7.75. The topological polar surface area (TPSA) is 65.5 Å². The highest BCUT2D eigenvalue weighted by Crippen LogP contribution is 2.21. The van der Waals surface area contributed by atoms with Crippen molar-refractivity contribution in [1.29, 1.82) is 0 Å². The van der Waals surface area contributed by atoms with Crippen LogP contribution < -0.4 is 5.32 Å². The Morgan fingerprint density at radius 2 is 2.14 bits per heavy atom. The van der Waals surface area contributed by atoms with Gasteiger partial charge in [0.05, 0.1) is 11.2 Å².